The molecule has 0 saturated heterocycles. The Morgan fingerprint density at radius 1 is 1.33 bits per heavy atom. The molecule has 0 N–H and O–H groups in total. The van der Waals surface area contributed by atoms with Gasteiger partial charge in [-0.3, -0.25) is 0 Å². The minimum absolute atomic E-state index is 0.120. The van der Waals surface area contributed by atoms with E-state index in [2.05, 4.69) is 32.3 Å². The SMILES string of the molecule is Fc1cc(CBr)ccc1N1CCc2sccc2C1. The van der Waals surface area contributed by atoms with Crippen molar-refractivity contribution in [3.63, 3.8) is 0 Å². The highest BCUT2D eigenvalue weighted by Gasteiger charge is 2.19. The van der Waals surface area contributed by atoms with Crippen LogP contribution in [0.4, 0.5) is 10.1 Å². The molecule has 1 aliphatic rings. The molecule has 18 heavy (non-hydrogen) atoms. The average Bonchev–Trinajstić information content (AvgIpc) is 2.85. The second-order valence-electron chi connectivity index (χ2n) is 4.46. The monoisotopic (exact) mass is 325 g/mol. The summed E-state index contributed by atoms with van der Waals surface area (Å²) in [7, 11) is 0. The van der Waals surface area contributed by atoms with E-state index in [4.69, 9.17) is 0 Å². The fourth-order valence-electron chi connectivity index (χ4n) is 2.34. The highest BCUT2D eigenvalue weighted by molar-refractivity contribution is 9.08. The number of fused-ring (bicyclic) bond motifs is 1. The molecule has 0 radical (unpaired) electrons. The third kappa shape index (κ3) is 2.19. The minimum Gasteiger partial charge on any atom is -0.364 e. The first kappa shape index (κ1) is 12.2. The molecule has 2 heterocycles. The summed E-state index contributed by atoms with van der Waals surface area (Å²) in [5.74, 6) is -0.120. The third-order valence-corrected chi connectivity index (χ3v) is 4.99. The van der Waals surface area contributed by atoms with Crippen molar-refractivity contribution in [2.24, 2.45) is 0 Å². The van der Waals surface area contributed by atoms with Crippen molar-refractivity contribution in [2.45, 2.75) is 18.3 Å². The molecule has 3 rings (SSSR count). The molecule has 1 aromatic heterocycles. The predicted octanol–water partition coefficient (Wildman–Crippen LogP) is 4.34. The van der Waals surface area contributed by atoms with Crippen molar-refractivity contribution in [3.05, 3.63) is 51.5 Å². The van der Waals surface area contributed by atoms with Gasteiger partial charge in [0.1, 0.15) is 5.82 Å². The fraction of sp³-hybridized carbons (Fsp3) is 0.286. The van der Waals surface area contributed by atoms with Crippen molar-refractivity contribution in [1.82, 2.24) is 0 Å². The fourth-order valence-corrected chi connectivity index (χ4v) is 3.58. The summed E-state index contributed by atoms with van der Waals surface area (Å²) in [6.45, 7) is 1.72. The van der Waals surface area contributed by atoms with Gasteiger partial charge in [-0.05, 0) is 41.1 Å². The standard InChI is InChI=1S/C14H13BrFNS/c15-8-10-1-2-13(12(16)7-10)17-5-3-14-11(9-17)4-6-18-14/h1-2,4,6-7H,3,5,8-9H2. The van der Waals surface area contributed by atoms with Crippen LogP contribution in [0.3, 0.4) is 0 Å². The first-order chi connectivity index (χ1) is 8.78. The zero-order valence-corrected chi connectivity index (χ0v) is 12.2. The molecule has 2 aromatic rings. The Morgan fingerprint density at radius 3 is 3.00 bits per heavy atom. The molecule has 1 aromatic carbocycles. The van der Waals surface area contributed by atoms with Crippen LogP contribution in [0.15, 0.2) is 29.6 Å². The van der Waals surface area contributed by atoms with Crippen LogP contribution in [-0.4, -0.2) is 6.54 Å². The highest BCUT2D eigenvalue weighted by Crippen LogP contribution is 2.29. The summed E-state index contributed by atoms with van der Waals surface area (Å²) in [6, 6.07) is 7.64. The second kappa shape index (κ2) is 5.02. The third-order valence-electron chi connectivity index (χ3n) is 3.31. The number of alkyl halides is 1. The van der Waals surface area contributed by atoms with Crippen LogP contribution < -0.4 is 4.90 Å². The van der Waals surface area contributed by atoms with Crippen molar-refractivity contribution in [3.8, 4) is 0 Å². The second-order valence-corrected chi connectivity index (χ2v) is 6.02. The van der Waals surface area contributed by atoms with E-state index >= 15 is 0 Å². The Hall–Kier alpha value is -0.870. The van der Waals surface area contributed by atoms with E-state index in [-0.39, 0.29) is 5.82 Å². The van der Waals surface area contributed by atoms with Crippen LogP contribution in [0.5, 0.6) is 0 Å². The maximum Gasteiger partial charge on any atom is 0.146 e. The van der Waals surface area contributed by atoms with Crippen molar-refractivity contribution in [2.75, 3.05) is 11.4 Å². The van der Waals surface area contributed by atoms with Gasteiger partial charge in [0.15, 0.2) is 0 Å². The summed E-state index contributed by atoms with van der Waals surface area (Å²) < 4.78 is 14.1. The van der Waals surface area contributed by atoms with Gasteiger partial charge in [0.25, 0.3) is 0 Å². The zero-order valence-electron chi connectivity index (χ0n) is 9.83. The average molecular weight is 326 g/mol. The van der Waals surface area contributed by atoms with Gasteiger partial charge in [0.05, 0.1) is 5.69 Å². The van der Waals surface area contributed by atoms with Crippen molar-refractivity contribution in [1.29, 1.82) is 0 Å². The lowest BCUT2D eigenvalue weighted by Crippen LogP contribution is -2.30. The molecule has 0 fully saturated rings. The molecule has 1 nitrogen and oxygen atoms in total. The predicted molar refractivity (Wildman–Crippen MR) is 78.1 cm³/mol. The molecule has 0 unspecified atom stereocenters. The largest absolute Gasteiger partial charge is 0.364 e. The number of anilines is 1. The Balaban J connectivity index is 1.88. The van der Waals surface area contributed by atoms with Gasteiger partial charge in [-0.15, -0.1) is 11.3 Å². The molecule has 0 bridgehead atoms. The molecular weight excluding hydrogens is 313 g/mol. The molecule has 0 aliphatic carbocycles. The lowest BCUT2D eigenvalue weighted by atomic mass is 10.1. The first-order valence-electron chi connectivity index (χ1n) is 5.92. The van der Waals surface area contributed by atoms with E-state index in [1.54, 1.807) is 17.4 Å². The quantitative estimate of drug-likeness (QED) is 0.742. The summed E-state index contributed by atoms with van der Waals surface area (Å²) >= 11 is 5.16. The molecule has 0 saturated carbocycles. The van der Waals surface area contributed by atoms with Crippen LogP contribution in [0.1, 0.15) is 16.0 Å². The Kier molecular flexibility index (Phi) is 3.39. The molecule has 0 amide bonds. The van der Waals surface area contributed by atoms with Crippen LogP contribution in [-0.2, 0) is 18.3 Å². The zero-order chi connectivity index (χ0) is 12.5. The van der Waals surface area contributed by atoms with E-state index in [9.17, 15) is 4.39 Å². The van der Waals surface area contributed by atoms with E-state index in [1.165, 1.54) is 10.4 Å². The minimum atomic E-state index is -0.120. The molecule has 0 atom stereocenters. The number of nitrogens with zero attached hydrogens (tertiary/aromatic N) is 1. The Morgan fingerprint density at radius 2 is 2.22 bits per heavy atom. The highest BCUT2D eigenvalue weighted by atomic mass is 79.9. The van der Waals surface area contributed by atoms with Gasteiger partial charge >= 0.3 is 0 Å². The van der Waals surface area contributed by atoms with Crippen LogP contribution in [0.2, 0.25) is 0 Å². The normalized spacial score (nSPS) is 14.7. The summed E-state index contributed by atoms with van der Waals surface area (Å²) in [5.41, 5.74) is 3.04. The van der Waals surface area contributed by atoms with Gasteiger partial charge in [-0.1, -0.05) is 22.0 Å². The summed E-state index contributed by atoms with van der Waals surface area (Å²) in [6.07, 6.45) is 1.02. The molecule has 1 aliphatic heterocycles. The van der Waals surface area contributed by atoms with Gasteiger partial charge in [0, 0.05) is 23.3 Å². The van der Waals surface area contributed by atoms with Gasteiger partial charge in [-0.25, -0.2) is 4.39 Å². The van der Waals surface area contributed by atoms with Crippen LogP contribution in [0, 0.1) is 5.82 Å². The van der Waals surface area contributed by atoms with Crippen LogP contribution >= 0.6 is 27.3 Å². The number of rotatable bonds is 2. The first-order valence-corrected chi connectivity index (χ1v) is 7.92. The number of hydrogen-bond acceptors (Lipinski definition) is 2. The van der Waals surface area contributed by atoms with Crippen LogP contribution in [0.25, 0.3) is 0 Å². The van der Waals surface area contributed by atoms with Gasteiger partial charge < -0.3 is 4.90 Å². The molecular formula is C14H13BrFNS. The summed E-state index contributed by atoms with van der Waals surface area (Å²) in [5, 5.41) is 2.82. The van der Waals surface area contributed by atoms with E-state index < -0.39 is 0 Å². The number of halogens is 2. The molecule has 0 spiro atoms. The summed E-state index contributed by atoms with van der Waals surface area (Å²) in [4.78, 5) is 3.58. The van der Waals surface area contributed by atoms with Crippen molar-refractivity contribution >= 4 is 33.0 Å². The van der Waals surface area contributed by atoms with Gasteiger partial charge in [0.2, 0.25) is 0 Å². The topological polar surface area (TPSA) is 3.24 Å². The molecule has 94 valence electrons. The van der Waals surface area contributed by atoms with E-state index in [1.807, 2.05) is 12.1 Å². The lowest BCUT2D eigenvalue weighted by Gasteiger charge is -2.29. The van der Waals surface area contributed by atoms with E-state index in [0.717, 1.165) is 30.8 Å². The van der Waals surface area contributed by atoms with E-state index in [0.29, 0.717) is 5.33 Å². The number of hydrogen-bond donors (Lipinski definition) is 0. The number of benzene rings is 1. The smallest absolute Gasteiger partial charge is 0.146 e. The Bertz CT molecular complexity index is 567. The van der Waals surface area contributed by atoms with Gasteiger partial charge in [-0.2, -0.15) is 0 Å². The maximum atomic E-state index is 14.1. The molecule has 4 heteroatoms. The van der Waals surface area contributed by atoms with Crippen molar-refractivity contribution < 1.29 is 4.39 Å². The maximum absolute atomic E-state index is 14.1. The number of thiophene rings is 1. The lowest BCUT2D eigenvalue weighted by molar-refractivity contribution is 0.610. The Labute approximate surface area is 118 Å².